The quantitative estimate of drug-likeness (QED) is 0.616. The number of fused-ring (bicyclic) bond motifs is 1. The third kappa shape index (κ3) is 0.805. The van der Waals surface area contributed by atoms with E-state index in [9.17, 15) is 0 Å². The van der Waals surface area contributed by atoms with E-state index in [1.54, 1.807) is 28.9 Å². The Labute approximate surface area is 68.9 Å². The van der Waals surface area contributed by atoms with Crippen LogP contribution in [0.4, 0.5) is 5.82 Å². The lowest BCUT2D eigenvalue weighted by molar-refractivity contribution is 1.18. The summed E-state index contributed by atoms with van der Waals surface area (Å²) in [6.07, 6.45) is 3.48. The molecule has 0 radical (unpaired) electrons. The number of hydrogen-bond donors (Lipinski definition) is 1. The lowest BCUT2D eigenvalue weighted by atomic mass is 10.3. The number of nitrogens with zero attached hydrogens (tertiary/aromatic N) is 3. The first kappa shape index (κ1) is 6.68. The second kappa shape index (κ2) is 2.24. The van der Waals surface area contributed by atoms with E-state index in [0.717, 1.165) is 0 Å². The smallest absolute Gasteiger partial charge is 0.157 e. The van der Waals surface area contributed by atoms with Gasteiger partial charge in [0.15, 0.2) is 5.65 Å². The van der Waals surface area contributed by atoms with Crippen molar-refractivity contribution in [3.63, 3.8) is 0 Å². The molecule has 4 nitrogen and oxygen atoms in total. The van der Waals surface area contributed by atoms with Crippen molar-refractivity contribution in [2.75, 3.05) is 5.73 Å². The Morgan fingerprint density at radius 2 is 2.42 bits per heavy atom. The summed E-state index contributed by atoms with van der Waals surface area (Å²) in [4.78, 5) is 4.00. The van der Waals surface area contributed by atoms with Crippen molar-refractivity contribution < 1.29 is 0 Å². The van der Waals surface area contributed by atoms with Crippen molar-refractivity contribution in [1.29, 1.82) is 5.26 Å². The Bertz CT molecular complexity index is 463. The van der Waals surface area contributed by atoms with Crippen LogP contribution < -0.4 is 5.73 Å². The second-order valence-corrected chi connectivity index (χ2v) is 2.43. The Hall–Kier alpha value is -2.02. The first-order valence-electron chi connectivity index (χ1n) is 3.44. The molecule has 4 heteroatoms. The van der Waals surface area contributed by atoms with Gasteiger partial charge in [-0.1, -0.05) is 0 Å². The minimum atomic E-state index is 0.428. The Kier molecular flexibility index (Phi) is 1.25. The molecule has 12 heavy (non-hydrogen) atoms. The van der Waals surface area contributed by atoms with E-state index in [-0.39, 0.29) is 0 Å². The summed E-state index contributed by atoms with van der Waals surface area (Å²) >= 11 is 0. The van der Waals surface area contributed by atoms with Crippen molar-refractivity contribution in [2.45, 2.75) is 0 Å². The van der Waals surface area contributed by atoms with E-state index in [0.29, 0.717) is 17.0 Å². The fourth-order valence-corrected chi connectivity index (χ4v) is 1.12. The molecule has 0 aliphatic rings. The van der Waals surface area contributed by atoms with E-state index >= 15 is 0 Å². The zero-order valence-corrected chi connectivity index (χ0v) is 6.23. The zero-order valence-electron chi connectivity index (χ0n) is 6.23. The van der Waals surface area contributed by atoms with Crippen LogP contribution in [-0.4, -0.2) is 9.38 Å². The van der Waals surface area contributed by atoms with Crippen LogP contribution in [0.15, 0.2) is 24.5 Å². The molecule has 0 aliphatic heterocycles. The van der Waals surface area contributed by atoms with E-state index in [1.165, 1.54) is 0 Å². The minimum Gasteiger partial charge on any atom is -0.382 e. The second-order valence-electron chi connectivity index (χ2n) is 2.43. The highest BCUT2D eigenvalue weighted by molar-refractivity contribution is 5.58. The molecular formula is C8H6N4. The average Bonchev–Trinajstić information content (AvgIpc) is 2.44. The lowest BCUT2D eigenvalue weighted by Crippen LogP contribution is -1.85. The van der Waals surface area contributed by atoms with E-state index in [2.05, 4.69) is 4.98 Å². The summed E-state index contributed by atoms with van der Waals surface area (Å²) in [5.41, 5.74) is 6.62. The highest BCUT2D eigenvalue weighted by atomic mass is 15.0. The van der Waals surface area contributed by atoms with Gasteiger partial charge in [-0.15, -0.1) is 0 Å². The molecule has 2 aromatic heterocycles. The van der Waals surface area contributed by atoms with Crippen LogP contribution >= 0.6 is 0 Å². The van der Waals surface area contributed by atoms with Gasteiger partial charge in [0.2, 0.25) is 0 Å². The molecule has 2 rings (SSSR count). The normalized spacial score (nSPS) is 9.92. The van der Waals surface area contributed by atoms with Crippen LogP contribution in [0, 0.1) is 11.3 Å². The molecule has 0 atom stereocenters. The third-order valence-corrected chi connectivity index (χ3v) is 1.62. The topological polar surface area (TPSA) is 67.1 Å². The predicted molar refractivity (Wildman–Crippen MR) is 44.3 cm³/mol. The summed E-state index contributed by atoms with van der Waals surface area (Å²) in [5, 5.41) is 8.70. The highest BCUT2D eigenvalue weighted by Gasteiger charge is 2.01. The van der Waals surface area contributed by atoms with Crippen molar-refractivity contribution >= 4 is 11.5 Å². The molecule has 58 valence electrons. The van der Waals surface area contributed by atoms with Crippen LogP contribution in [-0.2, 0) is 0 Å². The van der Waals surface area contributed by atoms with Gasteiger partial charge < -0.3 is 10.1 Å². The fraction of sp³-hybridized carbons (Fsp3) is 0. The number of nitriles is 1. The Morgan fingerprint density at radius 1 is 1.58 bits per heavy atom. The average molecular weight is 158 g/mol. The number of pyridine rings is 1. The van der Waals surface area contributed by atoms with Crippen molar-refractivity contribution in [2.24, 2.45) is 0 Å². The van der Waals surface area contributed by atoms with Crippen molar-refractivity contribution in [3.05, 3.63) is 30.1 Å². The summed E-state index contributed by atoms with van der Waals surface area (Å²) < 4.78 is 1.73. The van der Waals surface area contributed by atoms with Crippen LogP contribution in [0.5, 0.6) is 0 Å². The summed E-state index contributed by atoms with van der Waals surface area (Å²) in [6.45, 7) is 0. The molecule has 0 bridgehead atoms. The molecule has 0 fully saturated rings. The maximum atomic E-state index is 8.70. The van der Waals surface area contributed by atoms with Crippen LogP contribution in [0.1, 0.15) is 5.56 Å². The van der Waals surface area contributed by atoms with E-state index < -0.39 is 0 Å². The zero-order chi connectivity index (χ0) is 8.55. The number of hydrogen-bond acceptors (Lipinski definition) is 3. The molecular weight excluding hydrogens is 152 g/mol. The van der Waals surface area contributed by atoms with Gasteiger partial charge >= 0.3 is 0 Å². The highest BCUT2D eigenvalue weighted by Crippen LogP contribution is 2.10. The molecule has 0 unspecified atom stereocenters. The minimum absolute atomic E-state index is 0.428. The van der Waals surface area contributed by atoms with Crippen LogP contribution in [0.3, 0.4) is 0 Å². The van der Waals surface area contributed by atoms with E-state index in [1.807, 2.05) is 6.07 Å². The van der Waals surface area contributed by atoms with E-state index in [4.69, 9.17) is 11.0 Å². The molecule has 0 saturated carbocycles. The van der Waals surface area contributed by atoms with Gasteiger partial charge in [-0.3, -0.25) is 0 Å². The molecule has 0 aromatic carbocycles. The molecule has 2 N–H and O–H groups in total. The van der Waals surface area contributed by atoms with Gasteiger partial charge in [0.05, 0.1) is 11.8 Å². The number of imidazole rings is 1. The number of nitrogen functional groups attached to an aromatic ring is 1. The molecule has 2 heterocycles. The van der Waals surface area contributed by atoms with Gasteiger partial charge in [0.25, 0.3) is 0 Å². The number of aromatic nitrogens is 2. The van der Waals surface area contributed by atoms with Gasteiger partial charge in [-0.25, -0.2) is 4.98 Å². The SMILES string of the molecule is N#Cc1cccn2cc(N)nc12. The maximum absolute atomic E-state index is 8.70. The third-order valence-electron chi connectivity index (χ3n) is 1.62. The number of anilines is 1. The summed E-state index contributed by atoms with van der Waals surface area (Å²) in [6, 6.07) is 5.54. The van der Waals surface area contributed by atoms with Gasteiger partial charge in [-0.2, -0.15) is 5.26 Å². The molecule has 2 aromatic rings. The summed E-state index contributed by atoms with van der Waals surface area (Å²) in [7, 11) is 0. The first-order chi connectivity index (χ1) is 5.81. The largest absolute Gasteiger partial charge is 0.382 e. The number of nitrogens with two attached hydrogens (primary N) is 1. The van der Waals surface area contributed by atoms with Gasteiger partial charge in [0, 0.05) is 6.20 Å². The first-order valence-corrected chi connectivity index (χ1v) is 3.44. The molecule has 0 aliphatic carbocycles. The van der Waals surface area contributed by atoms with Crippen LogP contribution in [0.2, 0.25) is 0 Å². The maximum Gasteiger partial charge on any atom is 0.157 e. The Morgan fingerprint density at radius 3 is 3.17 bits per heavy atom. The Balaban J connectivity index is 2.89. The standard InChI is InChI=1S/C8H6N4/c9-4-6-2-1-3-12-5-7(10)11-8(6)12/h1-3,5H,10H2. The lowest BCUT2D eigenvalue weighted by Gasteiger charge is -1.91. The van der Waals surface area contributed by atoms with Gasteiger partial charge in [-0.05, 0) is 12.1 Å². The van der Waals surface area contributed by atoms with Crippen molar-refractivity contribution in [3.8, 4) is 6.07 Å². The monoisotopic (exact) mass is 158 g/mol. The predicted octanol–water partition coefficient (Wildman–Crippen LogP) is 0.788. The molecule has 0 amide bonds. The van der Waals surface area contributed by atoms with Gasteiger partial charge in [0.1, 0.15) is 11.9 Å². The van der Waals surface area contributed by atoms with Crippen LogP contribution in [0.25, 0.3) is 5.65 Å². The fourth-order valence-electron chi connectivity index (χ4n) is 1.12. The molecule has 0 spiro atoms. The summed E-state index contributed by atoms with van der Waals surface area (Å²) in [5.74, 6) is 0.428. The molecule has 0 saturated heterocycles. The van der Waals surface area contributed by atoms with Crippen molar-refractivity contribution in [1.82, 2.24) is 9.38 Å². The number of rotatable bonds is 0.